The molecule has 0 saturated carbocycles. The minimum absolute atomic E-state index is 0.0447. The molecule has 0 aliphatic heterocycles. The van der Waals surface area contributed by atoms with Crippen molar-refractivity contribution in [2.75, 3.05) is 13.7 Å². The number of hydrogen-bond donors (Lipinski definition) is 1. The summed E-state index contributed by atoms with van der Waals surface area (Å²) in [6, 6.07) is 6.12. The number of aromatic nitrogens is 2. The van der Waals surface area contributed by atoms with Crippen LogP contribution in [0.25, 0.3) is 0 Å². The fraction of sp³-hybridized carbons (Fsp3) is 0.375. The Labute approximate surface area is 123 Å². The lowest BCUT2D eigenvalue weighted by Gasteiger charge is -2.16. The molecule has 1 aliphatic carbocycles. The van der Waals surface area contributed by atoms with E-state index in [2.05, 4.69) is 22.3 Å². The molecule has 0 radical (unpaired) electrons. The number of likely N-dealkylation sites (N-methyl/N-ethyl adjacent to an activating group) is 1. The first-order chi connectivity index (χ1) is 10.2. The highest BCUT2D eigenvalue weighted by Gasteiger charge is 2.13. The number of amides is 1. The molecule has 0 saturated heterocycles. The van der Waals surface area contributed by atoms with E-state index in [0.717, 1.165) is 24.2 Å². The van der Waals surface area contributed by atoms with Crippen LogP contribution in [0, 0.1) is 0 Å². The molecule has 1 N–H and O–H groups in total. The number of nitrogens with zero attached hydrogens (tertiary/aromatic N) is 2. The zero-order chi connectivity index (χ0) is 14.7. The normalized spacial score (nSPS) is 13.0. The number of ether oxygens (including phenoxy) is 1. The van der Waals surface area contributed by atoms with Gasteiger partial charge in [-0.15, -0.1) is 0 Å². The van der Waals surface area contributed by atoms with E-state index < -0.39 is 0 Å². The van der Waals surface area contributed by atoms with E-state index in [4.69, 9.17) is 4.74 Å². The third kappa shape index (κ3) is 3.24. The molecular weight excluding hydrogens is 266 g/mol. The molecule has 5 heteroatoms. The summed E-state index contributed by atoms with van der Waals surface area (Å²) < 4.78 is 5.62. The maximum atomic E-state index is 12.0. The predicted molar refractivity (Wildman–Crippen MR) is 79.0 cm³/mol. The van der Waals surface area contributed by atoms with Crippen LogP contribution in [0.4, 0.5) is 0 Å². The SMILES string of the molecule is CN(Cc1cn[nH]c1)C(=O)COc1ccc2c(c1)CCC2. The van der Waals surface area contributed by atoms with Crippen LogP contribution in [0.2, 0.25) is 0 Å². The van der Waals surface area contributed by atoms with Crippen molar-refractivity contribution in [3.63, 3.8) is 0 Å². The molecule has 0 atom stereocenters. The smallest absolute Gasteiger partial charge is 0.260 e. The van der Waals surface area contributed by atoms with E-state index in [9.17, 15) is 4.79 Å². The summed E-state index contributed by atoms with van der Waals surface area (Å²) >= 11 is 0. The summed E-state index contributed by atoms with van der Waals surface area (Å²) in [4.78, 5) is 13.7. The molecule has 3 rings (SSSR count). The van der Waals surface area contributed by atoms with Crippen LogP contribution < -0.4 is 4.74 Å². The average molecular weight is 285 g/mol. The first-order valence-corrected chi connectivity index (χ1v) is 7.18. The molecule has 1 aromatic carbocycles. The number of rotatable bonds is 5. The van der Waals surface area contributed by atoms with Gasteiger partial charge in [-0.05, 0) is 42.5 Å². The standard InChI is InChI=1S/C16H19N3O2/c1-19(10-12-8-17-18-9-12)16(20)11-21-15-6-5-13-3-2-4-14(13)7-15/h5-9H,2-4,10-11H2,1H3,(H,17,18). The summed E-state index contributed by atoms with van der Waals surface area (Å²) in [5.41, 5.74) is 3.74. The number of carbonyl (C=O) groups excluding carboxylic acids is 1. The number of carbonyl (C=O) groups is 1. The first-order valence-electron chi connectivity index (χ1n) is 7.18. The number of aromatic amines is 1. The Morgan fingerprint density at radius 3 is 3.05 bits per heavy atom. The van der Waals surface area contributed by atoms with E-state index >= 15 is 0 Å². The molecule has 0 unspecified atom stereocenters. The van der Waals surface area contributed by atoms with Gasteiger partial charge in [0.05, 0.1) is 6.20 Å². The second-order valence-electron chi connectivity index (χ2n) is 5.43. The molecule has 0 spiro atoms. The average Bonchev–Trinajstić information content (AvgIpc) is 3.14. The number of aryl methyl sites for hydroxylation is 2. The third-order valence-electron chi connectivity index (χ3n) is 3.83. The summed E-state index contributed by atoms with van der Waals surface area (Å²) in [5.74, 6) is 0.734. The van der Waals surface area contributed by atoms with Gasteiger partial charge in [0.1, 0.15) is 5.75 Å². The van der Waals surface area contributed by atoms with Gasteiger partial charge < -0.3 is 9.64 Å². The van der Waals surface area contributed by atoms with Gasteiger partial charge in [0.25, 0.3) is 5.91 Å². The highest BCUT2D eigenvalue weighted by atomic mass is 16.5. The Bertz CT molecular complexity index is 622. The highest BCUT2D eigenvalue weighted by Crippen LogP contribution is 2.25. The van der Waals surface area contributed by atoms with Gasteiger partial charge in [0.2, 0.25) is 0 Å². The van der Waals surface area contributed by atoms with Crippen molar-refractivity contribution in [3.8, 4) is 5.75 Å². The van der Waals surface area contributed by atoms with E-state index in [1.165, 1.54) is 17.5 Å². The fourth-order valence-corrected chi connectivity index (χ4v) is 2.62. The van der Waals surface area contributed by atoms with Gasteiger partial charge in [-0.2, -0.15) is 5.10 Å². The number of fused-ring (bicyclic) bond motifs is 1. The van der Waals surface area contributed by atoms with Crippen LogP contribution in [0.5, 0.6) is 5.75 Å². The Balaban J connectivity index is 1.53. The van der Waals surface area contributed by atoms with E-state index in [1.807, 2.05) is 6.07 Å². The van der Waals surface area contributed by atoms with Gasteiger partial charge >= 0.3 is 0 Å². The van der Waals surface area contributed by atoms with Crippen molar-refractivity contribution in [1.29, 1.82) is 0 Å². The summed E-state index contributed by atoms with van der Waals surface area (Å²) in [5, 5.41) is 6.60. The lowest BCUT2D eigenvalue weighted by atomic mass is 10.1. The lowest BCUT2D eigenvalue weighted by molar-refractivity contribution is -0.132. The van der Waals surface area contributed by atoms with Crippen molar-refractivity contribution in [1.82, 2.24) is 15.1 Å². The van der Waals surface area contributed by atoms with Crippen molar-refractivity contribution in [2.24, 2.45) is 0 Å². The topological polar surface area (TPSA) is 58.2 Å². The van der Waals surface area contributed by atoms with Gasteiger partial charge in [0, 0.05) is 25.4 Å². The van der Waals surface area contributed by atoms with E-state index in [0.29, 0.717) is 6.54 Å². The van der Waals surface area contributed by atoms with Crippen LogP contribution in [0.1, 0.15) is 23.1 Å². The molecular formula is C16H19N3O2. The summed E-state index contributed by atoms with van der Waals surface area (Å²) in [7, 11) is 1.77. The Hall–Kier alpha value is -2.30. The van der Waals surface area contributed by atoms with Gasteiger partial charge in [0.15, 0.2) is 6.61 Å². The zero-order valence-electron chi connectivity index (χ0n) is 12.1. The van der Waals surface area contributed by atoms with Gasteiger partial charge in [-0.25, -0.2) is 0 Å². The third-order valence-corrected chi connectivity index (χ3v) is 3.83. The maximum Gasteiger partial charge on any atom is 0.260 e. The van der Waals surface area contributed by atoms with E-state index in [-0.39, 0.29) is 12.5 Å². The number of benzene rings is 1. The van der Waals surface area contributed by atoms with Gasteiger partial charge in [-0.3, -0.25) is 9.89 Å². The summed E-state index contributed by atoms with van der Waals surface area (Å²) in [6.07, 6.45) is 6.98. The minimum Gasteiger partial charge on any atom is -0.484 e. The molecule has 110 valence electrons. The molecule has 21 heavy (non-hydrogen) atoms. The fourth-order valence-electron chi connectivity index (χ4n) is 2.62. The van der Waals surface area contributed by atoms with Crippen LogP contribution in [-0.2, 0) is 24.2 Å². The van der Waals surface area contributed by atoms with Crippen LogP contribution in [0.3, 0.4) is 0 Å². The molecule has 1 heterocycles. The second-order valence-corrected chi connectivity index (χ2v) is 5.43. The zero-order valence-corrected chi connectivity index (χ0v) is 12.1. The summed E-state index contributed by atoms with van der Waals surface area (Å²) in [6.45, 7) is 0.593. The largest absolute Gasteiger partial charge is 0.484 e. The van der Waals surface area contributed by atoms with Crippen LogP contribution >= 0.6 is 0 Å². The highest BCUT2D eigenvalue weighted by molar-refractivity contribution is 5.77. The Morgan fingerprint density at radius 2 is 2.24 bits per heavy atom. The molecule has 0 fully saturated rings. The van der Waals surface area contributed by atoms with Crippen LogP contribution in [-0.4, -0.2) is 34.7 Å². The van der Waals surface area contributed by atoms with Crippen molar-refractivity contribution < 1.29 is 9.53 Å². The second kappa shape index (κ2) is 5.99. The number of H-pyrrole nitrogens is 1. The number of nitrogens with one attached hydrogen (secondary N) is 1. The molecule has 5 nitrogen and oxygen atoms in total. The molecule has 1 aromatic heterocycles. The lowest BCUT2D eigenvalue weighted by Crippen LogP contribution is -2.30. The van der Waals surface area contributed by atoms with Crippen molar-refractivity contribution in [3.05, 3.63) is 47.3 Å². The quantitative estimate of drug-likeness (QED) is 0.913. The Kier molecular flexibility index (Phi) is 3.90. The van der Waals surface area contributed by atoms with Crippen molar-refractivity contribution in [2.45, 2.75) is 25.8 Å². The number of hydrogen-bond acceptors (Lipinski definition) is 3. The molecule has 2 aromatic rings. The molecule has 1 aliphatic rings. The predicted octanol–water partition coefficient (Wildman–Crippen LogP) is 1.94. The van der Waals surface area contributed by atoms with Crippen molar-refractivity contribution >= 4 is 5.91 Å². The van der Waals surface area contributed by atoms with Gasteiger partial charge in [-0.1, -0.05) is 6.07 Å². The first kappa shape index (κ1) is 13.7. The molecule has 0 bridgehead atoms. The molecule has 1 amide bonds. The van der Waals surface area contributed by atoms with E-state index in [1.54, 1.807) is 24.3 Å². The Morgan fingerprint density at radius 1 is 1.38 bits per heavy atom. The maximum absolute atomic E-state index is 12.0. The minimum atomic E-state index is -0.0447. The van der Waals surface area contributed by atoms with Crippen LogP contribution in [0.15, 0.2) is 30.6 Å². The monoisotopic (exact) mass is 285 g/mol.